The van der Waals surface area contributed by atoms with Crippen LogP contribution in [0.4, 0.5) is 0 Å². The Morgan fingerprint density at radius 3 is 1.63 bits per heavy atom. The number of nitrogens with zero attached hydrogens (tertiary/aromatic N) is 8. The van der Waals surface area contributed by atoms with Gasteiger partial charge in [0.25, 0.3) is 0 Å². The number of hydrogen-bond acceptors (Lipinski definition) is 11. The fraction of sp³-hybridized carbons (Fsp3) is 0.641. The molecule has 6 aliphatic heterocycles. The van der Waals surface area contributed by atoms with Gasteiger partial charge in [0, 0.05) is 92.2 Å². The number of nitriles is 2. The summed E-state index contributed by atoms with van der Waals surface area (Å²) in [6.07, 6.45) is 6.28. The molecule has 54 heavy (non-hydrogen) atoms. The maximum absolute atomic E-state index is 12.7. The summed E-state index contributed by atoms with van der Waals surface area (Å²) in [6, 6.07) is 12.4. The number of carbonyl (C=O) groups excluding carboxylic acids is 4. The molecule has 0 unspecified atom stereocenters. The van der Waals surface area contributed by atoms with Crippen molar-refractivity contribution < 1.29 is 19.2 Å². The molecular formula is C39H51N9O4S2. The van der Waals surface area contributed by atoms with Crippen molar-refractivity contribution in [1.82, 2.24) is 29.4 Å². The van der Waals surface area contributed by atoms with Gasteiger partial charge in [-0.3, -0.25) is 29.0 Å². The van der Waals surface area contributed by atoms with Crippen LogP contribution in [0.2, 0.25) is 0 Å². The molecule has 2 aromatic rings. The summed E-state index contributed by atoms with van der Waals surface area (Å²) in [7, 11) is 0. The van der Waals surface area contributed by atoms with Gasteiger partial charge in [-0.1, -0.05) is 19.1 Å². The van der Waals surface area contributed by atoms with Gasteiger partial charge in [-0.2, -0.15) is 10.5 Å². The smallest absolute Gasteiger partial charge is 0.241 e. The first-order valence-electron chi connectivity index (χ1n) is 19.4. The second-order valence-electron chi connectivity index (χ2n) is 15.7. The molecule has 8 atom stereocenters. The topological polar surface area (TPSA) is 161 Å². The third kappa shape index (κ3) is 8.21. The lowest BCUT2D eigenvalue weighted by atomic mass is 10.1. The summed E-state index contributed by atoms with van der Waals surface area (Å²) in [5.41, 5.74) is 6.19. The molecule has 2 aromatic heterocycles. The minimum absolute atomic E-state index is 0.103. The van der Waals surface area contributed by atoms with E-state index in [0.29, 0.717) is 38.5 Å². The summed E-state index contributed by atoms with van der Waals surface area (Å²) in [5.74, 6) is 0.301. The van der Waals surface area contributed by atoms with Crippen LogP contribution in [0.5, 0.6) is 0 Å². The third-order valence-corrected chi connectivity index (χ3v) is 14.0. The number of piperazine rings is 2. The van der Waals surface area contributed by atoms with E-state index in [9.17, 15) is 29.7 Å². The predicted octanol–water partition coefficient (Wildman–Crippen LogP) is 2.14. The van der Waals surface area contributed by atoms with E-state index in [2.05, 4.69) is 21.9 Å². The molecular weight excluding hydrogens is 723 g/mol. The molecule has 0 radical (unpaired) electrons. The van der Waals surface area contributed by atoms with E-state index in [1.807, 2.05) is 51.7 Å². The van der Waals surface area contributed by atoms with Crippen LogP contribution in [-0.2, 0) is 32.0 Å². The van der Waals surface area contributed by atoms with E-state index in [1.54, 1.807) is 32.5 Å². The highest BCUT2D eigenvalue weighted by atomic mass is 32.1. The number of amides is 4. The molecule has 6 fully saturated rings. The van der Waals surface area contributed by atoms with Crippen LogP contribution < -0.4 is 5.73 Å². The van der Waals surface area contributed by atoms with Gasteiger partial charge in [0.05, 0.1) is 31.0 Å². The van der Waals surface area contributed by atoms with Crippen LogP contribution in [0.3, 0.4) is 0 Å². The van der Waals surface area contributed by atoms with E-state index >= 15 is 0 Å². The van der Waals surface area contributed by atoms with Crippen LogP contribution in [0, 0.1) is 28.6 Å². The molecule has 13 nitrogen and oxygen atoms in total. The maximum atomic E-state index is 12.7. The highest BCUT2D eigenvalue weighted by Crippen LogP contribution is 2.33. The lowest BCUT2D eigenvalue weighted by Crippen LogP contribution is -2.55. The fourth-order valence-electron chi connectivity index (χ4n) is 9.47. The van der Waals surface area contributed by atoms with E-state index in [1.165, 1.54) is 0 Å². The van der Waals surface area contributed by atoms with E-state index in [4.69, 9.17) is 5.73 Å². The Hall–Kier alpha value is -3.86. The number of thiophene rings is 2. The third-order valence-electron chi connectivity index (χ3n) is 12.2. The zero-order valence-electron chi connectivity index (χ0n) is 31.0. The number of fused-ring (bicyclic) bond motifs is 4. The molecule has 6 aliphatic rings. The van der Waals surface area contributed by atoms with E-state index < -0.39 is 6.04 Å². The summed E-state index contributed by atoms with van der Waals surface area (Å²) in [5, 5.41) is 22.4. The van der Waals surface area contributed by atoms with Gasteiger partial charge in [-0.25, -0.2) is 0 Å². The lowest BCUT2D eigenvalue weighted by molar-refractivity contribution is -0.137. The minimum atomic E-state index is -0.603. The monoisotopic (exact) mass is 773 g/mol. The normalized spacial score (nSPS) is 28.5. The second-order valence-corrected chi connectivity index (χ2v) is 17.8. The summed E-state index contributed by atoms with van der Waals surface area (Å²) in [4.78, 5) is 64.8. The van der Waals surface area contributed by atoms with Crippen molar-refractivity contribution in [3.63, 3.8) is 0 Å². The number of carbonyl (C=O) groups is 4. The van der Waals surface area contributed by atoms with Crippen molar-refractivity contribution in [2.45, 2.75) is 101 Å². The molecule has 4 amide bonds. The molecule has 0 aromatic carbocycles. The summed E-state index contributed by atoms with van der Waals surface area (Å²) < 4.78 is 0. The molecule has 0 spiro atoms. The van der Waals surface area contributed by atoms with Crippen LogP contribution in [0.25, 0.3) is 0 Å². The largest absolute Gasteiger partial charge is 0.336 e. The first-order chi connectivity index (χ1) is 26.1. The fourth-order valence-corrected chi connectivity index (χ4v) is 10.9. The number of nitrogens with two attached hydrogens (primary N) is 1. The highest BCUT2D eigenvalue weighted by Gasteiger charge is 2.47. The molecule has 0 saturated carbocycles. The summed E-state index contributed by atoms with van der Waals surface area (Å²) in [6.45, 7) is 7.68. The maximum Gasteiger partial charge on any atom is 0.241 e. The predicted molar refractivity (Wildman–Crippen MR) is 205 cm³/mol. The molecule has 0 aliphatic carbocycles. The van der Waals surface area contributed by atoms with Gasteiger partial charge in [0.1, 0.15) is 12.1 Å². The standard InChI is InChI=1S/C20H26N4O2S.C19H25N5O2S/c1-14(20(26)23-6-2-4-15(23)10-21)11-22-12-17-8-16(22)13-24(17)19(25)9-18-5-3-7-27-18;20-9-13-3-1-5-23(13)19(26)17(21)12-22-10-15-7-14(22)11-24(15)18(25)8-16-4-2-6-27-16/h3,5,7,14-17H,2,4,6,8-9,11-13H2,1H3;2,4,6,13-15,17H,1,3,5,7-8,10-12,21H2/t14-,15-,16-,17-;13-,14-,15-,17-/m00/s1. The Morgan fingerprint density at radius 2 is 1.20 bits per heavy atom. The average molecular weight is 774 g/mol. The van der Waals surface area contributed by atoms with E-state index in [-0.39, 0.29) is 59.8 Å². The number of hydrogen-bond donors (Lipinski definition) is 1. The molecule has 288 valence electrons. The summed E-state index contributed by atoms with van der Waals surface area (Å²) >= 11 is 3.25. The Kier molecular flexibility index (Phi) is 12.0. The van der Waals surface area contributed by atoms with Crippen molar-refractivity contribution in [2.24, 2.45) is 11.7 Å². The zero-order valence-corrected chi connectivity index (χ0v) is 32.6. The van der Waals surface area contributed by atoms with Gasteiger partial charge >= 0.3 is 0 Å². The molecule has 8 rings (SSSR count). The highest BCUT2D eigenvalue weighted by molar-refractivity contribution is 7.10. The van der Waals surface area contributed by atoms with Crippen molar-refractivity contribution in [3.05, 3.63) is 44.8 Å². The zero-order chi connectivity index (χ0) is 37.9. The SMILES string of the molecule is C[C@@H](CN1C[C@@H]2C[C@H]1CN2C(=O)Cc1cccs1)C(=O)N1CCC[C@H]1C#N.N#C[C@@H]1CCCN1C(=O)[C@@H](N)CN1C[C@@H]2C[C@H]1CN2C(=O)Cc1cccs1. The van der Waals surface area contributed by atoms with Gasteiger partial charge in [0.2, 0.25) is 23.6 Å². The average Bonchev–Trinajstić information content (AvgIpc) is 4.01. The van der Waals surface area contributed by atoms with Gasteiger partial charge in [-0.15, -0.1) is 22.7 Å². The first kappa shape index (κ1) is 38.4. The minimum Gasteiger partial charge on any atom is -0.336 e. The lowest BCUT2D eigenvalue weighted by Gasteiger charge is -2.36. The molecule has 15 heteroatoms. The Balaban J connectivity index is 0.000000167. The Bertz CT molecular complexity index is 1620. The van der Waals surface area contributed by atoms with Crippen LogP contribution in [0.15, 0.2) is 35.0 Å². The van der Waals surface area contributed by atoms with Crippen molar-refractivity contribution in [2.75, 3.05) is 52.4 Å². The second kappa shape index (κ2) is 16.9. The van der Waals surface area contributed by atoms with Crippen molar-refractivity contribution in [1.29, 1.82) is 10.5 Å². The number of likely N-dealkylation sites (tertiary alicyclic amines) is 6. The van der Waals surface area contributed by atoms with Crippen LogP contribution >= 0.6 is 22.7 Å². The first-order valence-corrected chi connectivity index (χ1v) is 21.2. The van der Waals surface area contributed by atoms with Crippen molar-refractivity contribution in [3.8, 4) is 12.1 Å². The van der Waals surface area contributed by atoms with Crippen LogP contribution in [-0.4, -0.2) is 148 Å². The Labute approximate surface area is 325 Å². The number of rotatable bonds is 10. The van der Waals surface area contributed by atoms with Crippen molar-refractivity contribution >= 4 is 46.3 Å². The molecule has 4 bridgehead atoms. The molecule has 2 N–H and O–H groups in total. The van der Waals surface area contributed by atoms with E-state index in [0.717, 1.165) is 81.0 Å². The Morgan fingerprint density at radius 1 is 0.722 bits per heavy atom. The van der Waals surface area contributed by atoms with Gasteiger partial charge < -0.3 is 25.3 Å². The van der Waals surface area contributed by atoms with Crippen LogP contribution in [0.1, 0.15) is 55.2 Å². The van der Waals surface area contributed by atoms with Gasteiger partial charge in [0.15, 0.2) is 0 Å². The molecule has 8 heterocycles. The van der Waals surface area contributed by atoms with Gasteiger partial charge in [-0.05, 0) is 61.4 Å². The molecule has 6 saturated heterocycles. The quantitative estimate of drug-likeness (QED) is 0.382.